The van der Waals surface area contributed by atoms with Crippen LogP contribution >= 0.6 is 27.7 Å². The van der Waals surface area contributed by atoms with E-state index in [1.165, 1.54) is 0 Å². The molecule has 0 unspecified atom stereocenters. The Morgan fingerprint density at radius 3 is 3.00 bits per heavy atom. The number of aliphatic imine (C=N–C) groups is 1. The van der Waals surface area contributed by atoms with Gasteiger partial charge in [-0.05, 0) is 17.5 Å². The number of nitrogens with zero attached hydrogens (tertiary/aromatic N) is 1. The van der Waals surface area contributed by atoms with E-state index in [0.717, 1.165) is 21.5 Å². The average Bonchev–Trinajstić information content (AvgIpc) is 2.18. The van der Waals surface area contributed by atoms with Gasteiger partial charge in [-0.25, -0.2) is 4.99 Å². The number of halogens is 1. The van der Waals surface area contributed by atoms with Crippen LogP contribution in [0.25, 0.3) is 5.70 Å². The molecule has 0 bridgehead atoms. The summed E-state index contributed by atoms with van der Waals surface area (Å²) in [6.07, 6.45) is 0. The van der Waals surface area contributed by atoms with E-state index >= 15 is 0 Å². The molecule has 0 spiro atoms. The molecule has 2 nitrogen and oxygen atoms in total. The maximum absolute atomic E-state index is 5.68. The first-order chi connectivity index (χ1) is 6.75. The van der Waals surface area contributed by atoms with Gasteiger partial charge in [-0.15, -0.1) is 11.8 Å². The monoisotopic (exact) mass is 268 g/mol. The normalized spacial score (nSPS) is 16.1. The van der Waals surface area contributed by atoms with Gasteiger partial charge in [0.25, 0.3) is 0 Å². The van der Waals surface area contributed by atoms with Gasteiger partial charge in [0.2, 0.25) is 0 Å². The number of hydrogen-bond donors (Lipinski definition) is 1. The molecule has 72 valence electrons. The minimum absolute atomic E-state index is 0.687. The second-order valence-corrected chi connectivity index (χ2v) is 4.70. The predicted octanol–water partition coefficient (Wildman–Crippen LogP) is 2.85. The molecule has 1 aromatic rings. The summed E-state index contributed by atoms with van der Waals surface area (Å²) in [5.41, 5.74) is 7.71. The molecule has 0 radical (unpaired) electrons. The van der Waals surface area contributed by atoms with Crippen molar-refractivity contribution in [1.29, 1.82) is 0 Å². The van der Waals surface area contributed by atoms with Crippen LogP contribution in [0.2, 0.25) is 0 Å². The summed E-state index contributed by atoms with van der Waals surface area (Å²) in [5.74, 6) is 1.48. The molecular formula is C10H9BrN2S. The van der Waals surface area contributed by atoms with Crippen LogP contribution in [0.15, 0.2) is 39.1 Å². The topological polar surface area (TPSA) is 38.4 Å². The Kier molecular flexibility index (Phi) is 2.93. The Bertz CT molecular complexity index is 412. The number of rotatable bonds is 1. The molecule has 1 heterocycles. The van der Waals surface area contributed by atoms with Crippen LogP contribution in [-0.4, -0.2) is 11.6 Å². The zero-order valence-electron chi connectivity index (χ0n) is 7.40. The van der Waals surface area contributed by atoms with E-state index in [0.29, 0.717) is 5.84 Å². The number of amidine groups is 1. The van der Waals surface area contributed by atoms with E-state index < -0.39 is 0 Å². The molecule has 2 rings (SSSR count). The SMILES string of the molecule is NC1=NC(c2cccc(Br)c2)=CSC1. The second kappa shape index (κ2) is 4.19. The van der Waals surface area contributed by atoms with Crippen LogP contribution in [0.4, 0.5) is 0 Å². The van der Waals surface area contributed by atoms with Crippen molar-refractivity contribution < 1.29 is 0 Å². The molecule has 0 saturated carbocycles. The molecule has 14 heavy (non-hydrogen) atoms. The molecule has 0 amide bonds. The maximum Gasteiger partial charge on any atom is 0.110 e. The van der Waals surface area contributed by atoms with Gasteiger partial charge in [-0.3, -0.25) is 0 Å². The average molecular weight is 269 g/mol. The van der Waals surface area contributed by atoms with Gasteiger partial charge >= 0.3 is 0 Å². The molecule has 4 heteroatoms. The molecule has 0 aliphatic carbocycles. The van der Waals surface area contributed by atoms with Crippen molar-refractivity contribution >= 4 is 39.2 Å². The lowest BCUT2D eigenvalue weighted by Crippen LogP contribution is -2.16. The largest absolute Gasteiger partial charge is 0.386 e. The number of hydrogen-bond acceptors (Lipinski definition) is 3. The minimum atomic E-state index is 0.687. The third-order valence-corrected chi connectivity index (χ3v) is 3.16. The Morgan fingerprint density at radius 1 is 1.43 bits per heavy atom. The first kappa shape index (κ1) is 9.80. The number of nitrogens with two attached hydrogens (primary N) is 1. The van der Waals surface area contributed by atoms with Crippen molar-refractivity contribution in [3.05, 3.63) is 39.7 Å². The van der Waals surface area contributed by atoms with E-state index in [1.807, 2.05) is 29.7 Å². The maximum atomic E-state index is 5.68. The smallest absolute Gasteiger partial charge is 0.110 e. The fourth-order valence-electron chi connectivity index (χ4n) is 1.20. The highest BCUT2D eigenvalue weighted by Gasteiger charge is 2.06. The van der Waals surface area contributed by atoms with Gasteiger partial charge in [0.05, 0.1) is 11.4 Å². The summed E-state index contributed by atoms with van der Waals surface area (Å²) in [4.78, 5) is 4.31. The Morgan fingerprint density at radius 2 is 2.29 bits per heavy atom. The van der Waals surface area contributed by atoms with E-state index in [9.17, 15) is 0 Å². The van der Waals surface area contributed by atoms with Gasteiger partial charge in [-0.2, -0.15) is 0 Å². The molecule has 0 atom stereocenters. The zero-order chi connectivity index (χ0) is 9.97. The summed E-state index contributed by atoms with van der Waals surface area (Å²) in [6.45, 7) is 0. The molecule has 1 aliphatic rings. The van der Waals surface area contributed by atoms with Crippen molar-refractivity contribution in [3.8, 4) is 0 Å². The fraction of sp³-hybridized carbons (Fsp3) is 0.100. The molecule has 0 aromatic heterocycles. The summed E-state index contributed by atoms with van der Waals surface area (Å²) in [6, 6.07) is 8.05. The molecule has 1 aromatic carbocycles. The predicted molar refractivity (Wildman–Crippen MR) is 66.2 cm³/mol. The summed E-state index contributed by atoms with van der Waals surface area (Å²) in [7, 11) is 0. The second-order valence-electron chi connectivity index (χ2n) is 2.93. The lowest BCUT2D eigenvalue weighted by molar-refractivity contribution is 1.44. The standard InChI is InChI=1S/C10H9BrN2S/c11-8-3-1-2-7(4-8)9-5-14-6-10(12)13-9/h1-5H,6H2,(H2,12,13). The summed E-state index contributed by atoms with van der Waals surface area (Å²) < 4.78 is 1.06. The van der Waals surface area contributed by atoms with Crippen molar-refractivity contribution in [1.82, 2.24) is 0 Å². The van der Waals surface area contributed by atoms with Crippen LogP contribution < -0.4 is 5.73 Å². The van der Waals surface area contributed by atoms with Crippen molar-refractivity contribution in [2.75, 3.05) is 5.75 Å². The van der Waals surface area contributed by atoms with E-state index in [4.69, 9.17) is 5.73 Å². The van der Waals surface area contributed by atoms with Gasteiger partial charge in [0, 0.05) is 10.0 Å². The third-order valence-electron chi connectivity index (χ3n) is 1.81. The molecule has 0 saturated heterocycles. The van der Waals surface area contributed by atoms with Crippen LogP contribution in [0.5, 0.6) is 0 Å². The highest BCUT2D eigenvalue weighted by atomic mass is 79.9. The van der Waals surface area contributed by atoms with Gasteiger partial charge in [0.1, 0.15) is 5.84 Å². The Hall–Kier alpha value is -0.740. The lowest BCUT2D eigenvalue weighted by atomic mass is 10.2. The number of benzene rings is 1. The minimum Gasteiger partial charge on any atom is -0.386 e. The molecule has 0 fully saturated rings. The first-order valence-corrected chi connectivity index (χ1v) is 6.00. The van der Waals surface area contributed by atoms with Gasteiger partial charge < -0.3 is 5.73 Å². The summed E-state index contributed by atoms with van der Waals surface area (Å²) in [5, 5.41) is 2.04. The highest BCUT2D eigenvalue weighted by molar-refractivity contribution is 9.10. The van der Waals surface area contributed by atoms with Gasteiger partial charge in [0.15, 0.2) is 0 Å². The lowest BCUT2D eigenvalue weighted by Gasteiger charge is -2.09. The van der Waals surface area contributed by atoms with Gasteiger partial charge in [-0.1, -0.05) is 28.1 Å². The van der Waals surface area contributed by atoms with Crippen molar-refractivity contribution in [3.63, 3.8) is 0 Å². The first-order valence-electron chi connectivity index (χ1n) is 4.16. The van der Waals surface area contributed by atoms with Crippen LogP contribution in [0.3, 0.4) is 0 Å². The quantitative estimate of drug-likeness (QED) is 0.851. The molecule has 2 N–H and O–H groups in total. The summed E-state index contributed by atoms with van der Waals surface area (Å²) >= 11 is 5.11. The van der Waals surface area contributed by atoms with Crippen molar-refractivity contribution in [2.45, 2.75) is 0 Å². The highest BCUT2D eigenvalue weighted by Crippen LogP contribution is 2.25. The zero-order valence-corrected chi connectivity index (χ0v) is 9.81. The van der Waals surface area contributed by atoms with Crippen LogP contribution in [-0.2, 0) is 0 Å². The molecular weight excluding hydrogens is 260 g/mol. The van der Waals surface area contributed by atoms with Crippen molar-refractivity contribution in [2.24, 2.45) is 10.7 Å². The molecule has 1 aliphatic heterocycles. The number of thioether (sulfide) groups is 1. The fourth-order valence-corrected chi connectivity index (χ4v) is 2.26. The van der Waals surface area contributed by atoms with E-state index in [-0.39, 0.29) is 0 Å². The van der Waals surface area contributed by atoms with E-state index in [2.05, 4.69) is 20.9 Å². The van der Waals surface area contributed by atoms with Crippen LogP contribution in [0, 0.1) is 0 Å². The Balaban J connectivity index is 2.36. The third kappa shape index (κ3) is 2.19. The van der Waals surface area contributed by atoms with E-state index in [1.54, 1.807) is 11.8 Å². The van der Waals surface area contributed by atoms with Crippen LogP contribution in [0.1, 0.15) is 5.56 Å². The Labute approximate surface area is 95.4 Å².